The molecule has 0 N–H and O–H groups in total. The van der Waals surface area contributed by atoms with Crippen LogP contribution < -0.4 is 9.64 Å². The van der Waals surface area contributed by atoms with Gasteiger partial charge in [0.2, 0.25) is 11.8 Å². The Labute approximate surface area is 157 Å². The van der Waals surface area contributed by atoms with Gasteiger partial charge in [-0.2, -0.15) is 18.2 Å². The second kappa shape index (κ2) is 8.15. The first-order chi connectivity index (χ1) is 12.9. The van der Waals surface area contributed by atoms with Crippen molar-refractivity contribution in [2.45, 2.75) is 57.7 Å². The highest BCUT2D eigenvalue weighted by molar-refractivity contribution is 5.58. The minimum absolute atomic E-state index is 0.182. The van der Waals surface area contributed by atoms with Crippen molar-refractivity contribution in [1.29, 1.82) is 0 Å². The van der Waals surface area contributed by atoms with Gasteiger partial charge in [-0.1, -0.05) is 25.5 Å². The van der Waals surface area contributed by atoms with E-state index in [1.54, 1.807) is 11.9 Å². The number of anilines is 2. The molecule has 3 rings (SSSR count). The summed E-state index contributed by atoms with van der Waals surface area (Å²) in [6.45, 7) is 2.05. The zero-order valence-corrected chi connectivity index (χ0v) is 15.6. The van der Waals surface area contributed by atoms with Gasteiger partial charge in [-0.15, -0.1) is 0 Å². The summed E-state index contributed by atoms with van der Waals surface area (Å²) >= 11 is 0. The number of nitrogens with zero attached hydrogens (tertiary/aromatic N) is 3. The second-order valence-corrected chi connectivity index (χ2v) is 6.85. The number of hydrogen-bond acceptors (Lipinski definition) is 4. The molecule has 1 saturated carbocycles. The van der Waals surface area contributed by atoms with E-state index in [2.05, 4.69) is 9.97 Å². The van der Waals surface area contributed by atoms with Crippen molar-refractivity contribution in [2.75, 3.05) is 11.9 Å². The number of alkyl halides is 3. The Hall–Kier alpha value is -2.31. The van der Waals surface area contributed by atoms with Gasteiger partial charge in [-0.25, -0.2) is 4.98 Å². The van der Waals surface area contributed by atoms with Gasteiger partial charge < -0.3 is 9.64 Å². The van der Waals surface area contributed by atoms with Crippen molar-refractivity contribution >= 4 is 11.6 Å². The lowest BCUT2D eigenvalue weighted by molar-refractivity contribution is -0.140. The summed E-state index contributed by atoms with van der Waals surface area (Å²) in [5.41, 5.74) is 1.02. The molecule has 2 aromatic rings. The number of halogens is 3. The van der Waals surface area contributed by atoms with Gasteiger partial charge in [0, 0.05) is 18.9 Å². The van der Waals surface area contributed by atoms with Crippen LogP contribution in [0.5, 0.6) is 5.88 Å². The van der Waals surface area contributed by atoms with Gasteiger partial charge in [0.25, 0.3) is 0 Å². The zero-order valence-electron chi connectivity index (χ0n) is 15.6. The van der Waals surface area contributed by atoms with E-state index in [9.17, 15) is 13.2 Å². The number of benzene rings is 1. The van der Waals surface area contributed by atoms with Crippen LogP contribution in [0.1, 0.15) is 50.2 Å². The van der Waals surface area contributed by atoms with Crippen molar-refractivity contribution in [1.82, 2.24) is 9.97 Å². The van der Waals surface area contributed by atoms with E-state index in [-0.39, 0.29) is 17.9 Å². The third-order valence-corrected chi connectivity index (χ3v) is 4.88. The Kier molecular flexibility index (Phi) is 5.87. The van der Waals surface area contributed by atoms with E-state index in [1.807, 2.05) is 31.2 Å². The van der Waals surface area contributed by atoms with Gasteiger partial charge in [-0.3, -0.25) is 0 Å². The lowest BCUT2D eigenvalue weighted by Gasteiger charge is -2.25. The Morgan fingerprint density at radius 3 is 2.59 bits per heavy atom. The number of aromatic nitrogens is 2. The van der Waals surface area contributed by atoms with Gasteiger partial charge in [0.05, 0.1) is 0 Å². The molecule has 0 radical (unpaired) electrons. The van der Waals surface area contributed by atoms with E-state index < -0.39 is 11.7 Å². The van der Waals surface area contributed by atoms with Crippen LogP contribution in [0.3, 0.4) is 0 Å². The number of ether oxygens (including phenoxy) is 1. The maximum absolute atomic E-state index is 13.4. The summed E-state index contributed by atoms with van der Waals surface area (Å²) in [7, 11) is 1.74. The minimum Gasteiger partial charge on any atom is -0.474 e. The van der Waals surface area contributed by atoms with E-state index in [0.29, 0.717) is 0 Å². The summed E-state index contributed by atoms with van der Waals surface area (Å²) in [5.74, 6) is -0.194. The van der Waals surface area contributed by atoms with Crippen molar-refractivity contribution in [3.63, 3.8) is 0 Å². The average Bonchev–Trinajstić information content (AvgIpc) is 2.67. The van der Waals surface area contributed by atoms with E-state index in [4.69, 9.17) is 4.74 Å². The summed E-state index contributed by atoms with van der Waals surface area (Å²) in [5, 5.41) is 0. The highest BCUT2D eigenvalue weighted by Crippen LogP contribution is 2.37. The molecule has 0 amide bonds. The molecule has 1 aliphatic rings. The zero-order chi connectivity index (χ0) is 19.4. The summed E-state index contributed by atoms with van der Waals surface area (Å²) in [6, 6.07) is 7.77. The van der Waals surface area contributed by atoms with Gasteiger partial charge >= 0.3 is 6.18 Å². The quantitative estimate of drug-likeness (QED) is 0.684. The van der Waals surface area contributed by atoms with Gasteiger partial charge in [0.15, 0.2) is 0 Å². The van der Waals surface area contributed by atoms with Gasteiger partial charge in [0.1, 0.15) is 11.7 Å². The third kappa shape index (κ3) is 4.70. The monoisotopic (exact) mass is 379 g/mol. The lowest BCUT2D eigenvalue weighted by atomic mass is 9.98. The molecule has 1 aliphatic carbocycles. The van der Waals surface area contributed by atoms with E-state index in [0.717, 1.165) is 56.0 Å². The molecule has 7 heteroatoms. The average molecular weight is 379 g/mol. The van der Waals surface area contributed by atoms with Crippen LogP contribution in [0.2, 0.25) is 0 Å². The fourth-order valence-electron chi connectivity index (χ4n) is 3.24. The number of aryl methyl sites for hydroxylation is 1. The van der Waals surface area contributed by atoms with Crippen LogP contribution in [0.4, 0.5) is 24.8 Å². The molecule has 0 bridgehead atoms. The Balaban J connectivity index is 1.92. The molecule has 1 aromatic heterocycles. The first-order valence-electron chi connectivity index (χ1n) is 9.32. The number of hydrogen-bond donors (Lipinski definition) is 0. The first-order valence-corrected chi connectivity index (χ1v) is 9.32. The third-order valence-electron chi connectivity index (χ3n) is 4.88. The Morgan fingerprint density at radius 1 is 1.19 bits per heavy atom. The van der Waals surface area contributed by atoms with Crippen LogP contribution in [-0.2, 0) is 12.6 Å². The molecule has 0 unspecified atom stereocenters. The van der Waals surface area contributed by atoms with Crippen LogP contribution in [0.25, 0.3) is 0 Å². The van der Waals surface area contributed by atoms with Crippen molar-refractivity contribution in [3.05, 3.63) is 41.6 Å². The predicted octanol–water partition coefficient (Wildman–Crippen LogP) is 5.54. The smallest absolute Gasteiger partial charge is 0.423 e. The predicted molar refractivity (Wildman–Crippen MR) is 98.4 cm³/mol. The molecule has 0 spiro atoms. The summed E-state index contributed by atoms with van der Waals surface area (Å²) in [6.07, 6.45) is 1.45. The lowest BCUT2D eigenvalue weighted by Crippen LogP contribution is -2.23. The topological polar surface area (TPSA) is 38.2 Å². The molecule has 0 saturated heterocycles. The summed E-state index contributed by atoms with van der Waals surface area (Å²) < 4.78 is 45.8. The molecule has 1 aromatic carbocycles. The van der Waals surface area contributed by atoms with Crippen LogP contribution in [0, 0.1) is 0 Å². The van der Waals surface area contributed by atoms with Gasteiger partial charge in [-0.05, 0) is 49.8 Å². The van der Waals surface area contributed by atoms with E-state index >= 15 is 0 Å². The van der Waals surface area contributed by atoms with Crippen molar-refractivity contribution < 1.29 is 17.9 Å². The first kappa shape index (κ1) is 19.5. The van der Waals surface area contributed by atoms with Crippen LogP contribution in [-0.4, -0.2) is 23.1 Å². The standard InChI is InChI=1S/C20H24F3N3O/c1-3-14-8-7-9-15(12-14)26(2)19-24-13-17(20(21,22)23)18(25-19)27-16-10-5-4-6-11-16/h7-9,12-13,16H,3-6,10-11H2,1-2H3. The number of rotatable bonds is 5. The maximum atomic E-state index is 13.4. The maximum Gasteiger partial charge on any atom is 0.423 e. The molecule has 0 aliphatic heterocycles. The molecule has 4 nitrogen and oxygen atoms in total. The molecule has 146 valence electrons. The van der Waals surface area contributed by atoms with Crippen LogP contribution in [0.15, 0.2) is 30.5 Å². The SMILES string of the molecule is CCc1cccc(N(C)c2ncc(C(F)(F)F)c(OC3CCCCC3)n2)c1. The summed E-state index contributed by atoms with van der Waals surface area (Å²) in [4.78, 5) is 9.76. The van der Waals surface area contributed by atoms with E-state index in [1.165, 1.54) is 0 Å². The molecule has 0 atom stereocenters. The molecule has 1 heterocycles. The normalized spacial score (nSPS) is 15.6. The fraction of sp³-hybridized carbons (Fsp3) is 0.500. The second-order valence-electron chi connectivity index (χ2n) is 6.85. The Bertz CT molecular complexity index is 773. The van der Waals surface area contributed by atoms with Crippen LogP contribution >= 0.6 is 0 Å². The Morgan fingerprint density at radius 2 is 1.93 bits per heavy atom. The largest absolute Gasteiger partial charge is 0.474 e. The minimum atomic E-state index is -4.55. The highest BCUT2D eigenvalue weighted by Gasteiger charge is 2.37. The van der Waals surface area contributed by atoms with Crippen molar-refractivity contribution in [3.8, 4) is 5.88 Å². The molecule has 1 fully saturated rings. The highest BCUT2D eigenvalue weighted by atomic mass is 19.4. The molecule has 27 heavy (non-hydrogen) atoms. The molecular formula is C20H24F3N3O. The fourth-order valence-corrected chi connectivity index (χ4v) is 3.24. The molecular weight excluding hydrogens is 355 g/mol. The van der Waals surface area contributed by atoms with Crippen molar-refractivity contribution in [2.24, 2.45) is 0 Å².